The van der Waals surface area contributed by atoms with Crippen LogP contribution in [0, 0.1) is 0 Å². The van der Waals surface area contributed by atoms with Crippen LogP contribution in [-0.4, -0.2) is 37.2 Å². The van der Waals surface area contributed by atoms with Gasteiger partial charge in [-0.1, -0.05) is 245 Å². The zero-order chi connectivity index (χ0) is 52.9. The molecule has 414 valence electrons. The van der Waals surface area contributed by atoms with E-state index in [1.54, 1.807) is 0 Å². The molecule has 0 heterocycles. The third kappa shape index (κ3) is 58.6. The van der Waals surface area contributed by atoms with E-state index in [4.69, 9.17) is 14.2 Å². The van der Waals surface area contributed by atoms with Gasteiger partial charge in [0.25, 0.3) is 0 Å². The van der Waals surface area contributed by atoms with Crippen molar-refractivity contribution in [3.8, 4) is 0 Å². The van der Waals surface area contributed by atoms with Crippen molar-refractivity contribution in [3.63, 3.8) is 0 Å². The summed E-state index contributed by atoms with van der Waals surface area (Å²) in [5.74, 6) is -1.02. The molecule has 0 aliphatic heterocycles. The van der Waals surface area contributed by atoms with Gasteiger partial charge in [-0.15, -0.1) is 0 Å². The van der Waals surface area contributed by atoms with Crippen molar-refractivity contribution in [1.29, 1.82) is 0 Å². The van der Waals surface area contributed by atoms with Crippen LogP contribution in [0.25, 0.3) is 0 Å². The second kappa shape index (κ2) is 60.4. The molecule has 0 aliphatic carbocycles. The smallest absolute Gasteiger partial charge is 0.306 e. The molecule has 0 aromatic rings. The van der Waals surface area contributed by atoms with Crippen molar-refractivity contribution in [2.75, 3.05) is 13.2 Å². The van der Waals surface area contributed by atoms with Gasteiger partial charge in [-0.3, -0.25) is 14.4 Å². The van der Waals surface area contributed by atoms with E-state index in [1.807, 2.05) is 0 Å². The van der Waals surface area contributed by atoms with Crippen LogP contribution in [0.15, 0.2) is 122 Å². The third-order valence-electron chi connectivity index (χ3n) is 12.4. The van der Waals surface area contributed by atoms with Gasteiger partial charge < -0.3 is 14.2 Å². The topological polar surface area (TPSA) is 78.9 Å². The highest BCUT2D eigenvalue weighted by Crippen LogP contribution is 2.15. The molecule has 0 aromatic carbocycles. The standard InChI is InChI=1S/C67H110O6/c1-4-7-10-13-16-19-22-25-28-30-31-32-33-34-35-37-39-42-45-48-51-54-57-60-66(69)72-63-64(62-71-65(68)59-56-53-50-47-44-41-38-27-24-21-18-15-12-9-6-3)73-67(70)61-58-55-52-49-46-43-40-36-29-26-23-20-17-14-11-8-5-2/h8-9,11-12,17-18,20-21,26-27,29-31,38,40,43-44,47,49,52,64H,4-7,10,13-16,19,22-25,28,32-37,39,41-42,45-46,48,50-51,53-63H2,1-3H3/b11-8-,12-9-,20-17-,21-18-,29-26-,31-30-,38-27-,43-40-,47-44-,52-49-. The lowest BCUT2D eigenvalue weighted by Crippen LogP contribution is -2.30. The number of carbonyl (C=O) groups excluding carboxylic acids is 3. The Morgan fingerprint density at radius 1 is 0.288 bits per heavy atom. The normalized spacial score (nSPS) is 13.0. The first-order chi connectivity index (χ1) is 36.0. The molecule has 6 heteroatoms. The molecule has 0 fully saturated rings. The summed E-state index contributed by atoms with van der Waals surface area (Å²) < 4.78 is 16.8. The number of esters is 3. The largest absolute Gasteiger partial charge is 0.462 e. The van der Waals surface area contributed by atoms with E-state index in [0.717, 1.165) is 96.3 Å². The quantitative estimate of drug-likeness (QED) is 0.0261. The Balaban J connectivity index is 4.46. The van der Waals surface area contributed by atoms with Crippen LogP contribution in [-0.2, 0) is 28.6 Å². The highest BCUT2D eigenvalue weighted by atomic mass is 16.6. The molecule has 1 atom stereocenters. The minimum absolute atomic E-state index is 0.117. The number of allylic oxidation sites excluding steroid dienone is 20. The van der Waals surface area contributed by atoms with Gasteiger partial charge in [-0.25, -0.2) is 0 Å². The molecule has 0 aliphatic rings. The Bertz CT molecular complexity index is 1540. The van der Waals surface area contributed by atoms with Gasteiger partial charge in [0, 0.05) is 19.3 Å². The van der Waals surface area contributed by atoms with Gasteiger partial charge in [0.05, 0.1) is 0 Å². The Morgan fingerprint density at radius 3 is 0.918 bits per heavy atom. The summed E-state index contributed by atoms with van der Waals surface area (Å²) in [5.41, 5.74) is 0. The molecular weight excluding hydrogens is 901 g/mol. The van der Waals surface area contributed by atoms with E-state index >= 15 is 0 Å². The highest BCUT2D eigenvalue weighted by molar-refractivity contribution is 5.71. The molecule has 73 heavy (non-hydrogen) atoms. The molecule has 6 nitrogen and oxygen atoms in total. The molecule has 0 rings (SSSR count). The molecule has 0 spiro atoms. The van der Waals surface area contributed by atoms with E-state index in [-0.39, 0.29) is 37.5 Å². The monoisotopic (exact) mass is 1010 g/mol. The Morgan fingerprint density at radius 2 is 0.548 bits per heavy atom. The van der Waals surface area contributed by atoms with Gasteiger partial charge >= 0.3 is 17.9 Å². The summed E-state index contributed by atoms with van der Waals surface area (Å²) >= 11 is 0. The molecule has 0 aromatic heterocycles. The van der Waals surface area contributed by atoms with Gasteiger partial charge in [0.1, 0.15) is 13.2 Å². The first-order valence-corrected chi connectivity index (χ1v) is 30.0. The van der Waals surface area contributed by atoms with Gasteiger partial charge in [-0.05, 0) is 122 Å². The number of carbonyl (C=O) groups is 3. The second-order valence-corrected chi connectivity index (χ2v) is 19.5. The zero-order valence-corrected chi connectivity index (χ0v) is 47.4. The molecule has 0 saturated carbocycles. The lowest BCUT2D eigenvalue weighted by atomic mass is 10.0. The number of ether oxygens (including phenoxy) is 3. The van der Waals surface area contributed by atoms with Gasteiger partial charge in [0.15, 0.2) is 6.10 Å². The summed E-state index contributed by atoms with van der Waals surface area (Å²) in [5, 5.41) is 0. The van der Waals surface area contributed by atoms with E-state index in [1.165, 1.54) is 116 Å². The van der Waals surface area contributed by atoms with Crippen molar-refractivity contribution in [2.45, 2.75) is 271 Å². The number of hydrogen-bond donors (Lipinski definition) is 0. The fraction of sp³-hybridized carbons (Fsp3) is 0.657. The molecule has 0 radical (unpaired) electrons. The molecular formula is C67H110O6. The number of hydrogen-bond acceptors (Lipinski definition) is 6. The van der Waals surface area contributed by atoms with E-state index in [2.05, 4.69) is 142 Å². The lowest BCUT2D eigenvalue weighted by Gasteiger charge is -2.18. The van der Waals surface area contributed by atoms with E-state index < -0.39 is 6.10 Å². The SMILES string of the molecule is CC/C=C\C/C=C\C/C=C\C/C=C\C/C=C\CCCC(=O)OC(COC(=O)CCCC/C=C\C/C=C\C/C=C\C/C=C\CC)COC(=O)CCCCCCCCCCCCC/C=C\CCCCCCCCCC. The zero-order valence-electron chi connectivity index (χ0n) is 47.4. The molecule has 0 N–H and O–H groups in total. The second-order valence-electron chi connectivity index (χ2n) is 19.5. The minimum atomic E-state index is -0.829. The average molecular weight is 1010 g/mol. The van der Waals surface area contributed by atoms with Crippen LogP contribution in [0.3, 0.4) is 0 Å². The predicted octanol–water partition coefficient (Wildman–Crippen LogP) is 20.4. The number of unbranched alkanes of at least 4 members (excludes halogenated alkanes) is 22. The van der Waals surface area contributed by atoms with Crippen LogP contribution < -0.4 is 0 Å². The summed E-state index contributed by atoms with van der Waals surface area (Å²) in [6.07, 6.45) is 83.5. The van der Waals surface area contributed by atoms with Crippen molar-refractivity contribution in [2.24, 2.45) is 0 Å². The van der Waals surface area contributed by atoms with Crippen molar-refractivity contribution >= 4 is 17.9 Å². The van der Waals surface area contributed by atoms with Gasteiger partial charge in [0.2, 0.25) is 0 Å². The lowest BCUT2D eigenvalue weighted by molar-refractivity contribution is -0.167. The van der Waals surface area contributed by atoms with Crippen molar-refractivity contribution in [3.05, 3.63) is 122 Å². The van der Waals surface area contributed by atoms with Crippen LogP contribution in [0.4, 0.5) is 0 Å². The molecule has 0 amide bonds. The Kier molecular flexibility index (Phi) is 56.9. The third-order valence-corrected chi connectivity index (χ3v) is 12.4. The van der Waals surface area contributed by atoms with Crippen LogP contribution >= 0.6 is 0 Å². The fourth-order valence-corrected chi connectivity index (χ4v) is 7.99. The molecule has 0 saturated heterocycles. The summed E-state index contributed by atoms with van der Waals surface area (Å²) in [7, 11) is 0. The summed E-state index contributed by atoms with van der Waals surface area (Å²) in [4.78, 5) is 38.2. The molecule has 1 unspecified atom stereocenters. The first-order valence-electron chi connectivity index (χ1n) is 30.0. The first kappa shape index (κ1) is 68.8. The maximum Gasteiger partial charge on any atom is 0.306 e. The highest BCUT2D eigenvalue weighted by Gasteiger charge is 2.19. The van der Waals surface area contributed by atoms with Crippen molar-refractivity contribution < 1.29 is 28.6 Å². The van der Waals surface area contributed by atoms with Crippen LogP contribution in [0.2, 0.25) is 0 Å². The summed E-state index contributed by atoms with van der Waals surface area (Å²) in [6.45, 7) is 6.33. The Labute approximate surface area is 450 Å². The van der Waals surface area contributed by atoms with Crippen molar-refractivity contribution in [1.82, 2.24) is 0 Å². The maximum atomic E-state index is 12.8. The van der Waals surface area contributed by atoms with Crippen LogP contribution in [0.1, 0.15) is 265 Å². The number of rotatable bonds is 53. The van der Waals surface area contributed by atoms with Crippen LogP contribution in [0.5, 0.6) is 0 Å². The van der Waals surface area contributed by atoms with E-state index in [0.29, 0.717) is 25.7 Å². The maximum absolute atomic E-state index is 12.8. The minimum Gasteiger partial charge on any atom is -0.462 e. The fourth-order valence-electron chi connectivity index (χ4n) is 7.99. The average Bonchev–Trinajstić information content (AvgIpc) is 3.39. The van der Waals surface area contributed by atoms with E-state index in [9.17, 15) is 14.4 Å². The summed E-state index contributed by atoms with van der Waals surface area (Å²) in [6, 6.07) is 0. The predicted molar refractivity (Wildman–Crippen MR) is 316 cm³/mol. The Hall–Kier alpha value is -4.19. The molecule has 0 bridgehead atoms. The van der Waals surface area contributed by atoms with Gasteiger partial charge in [-0.2, -0.15) is 0 Å².